The summed E-state index contributed by atoms with van der Waals surface area (Å²) in [7, 11) is 0.627. The van der Waals surface area contributed by atoms with E-state index in [0.29, 0.717) is 31.1 Å². The van der Waals surface area contributed by atoms with E-state index in [-0.39, 0.29) is 0 Å². The summed E-state index contributed by atoms with van der Waals surface area (Å²) < 4.78 is 27.2. The van der Waals surface area contributed by atoms with Gasteiger partial charge in [0, 0.05) is 51.6 Å². The van der Waals surface area contributed by atoms with Crippen LogP contribution in [0.4, 0.5) is 11.4 Å². The van der Waals surface area contributed by atoms with Crippen molar-refractivity contribution in [2.75, 3.05) is 50.1 Å². The van der Waals surface area contributed by atoms with Crippen LogP contribution in [0, 0.1) is 6.92 Å². The average Bonchev–Trinajstić information content (AvgIpc) is 2.62. The molecule has 0 unspecified atom stereocenters. The van der Waals surface area contributed by atoms with Gasteiger partial charge in [-0.2, -0.15) is 4.31 Å². The molecule has 0 amide bonds. The van der Waals surface area contributed by atoms with E-state index in [4.69, 9.17) is 0 Å². The number of anilines is 2. The van der Waals surface area contributed by atoms with Gasteiger partial charge in [0.2, 0.25) is 10.0 Å². The van der Waals surface area contributed by atoms with E-state index in [0.717, 1.165) is 16.9 Å². The smallest absolute Gasteiger partial charge is 0.243 e. The molecule has 6 heteroatoms. The van der Waals surface area contributed by atoms with Gasteiger partial charge in [-0.05, 0) is 48.9 Å². The van der Waals surface area contributed by atoms with Gasteiger partial charge in [-0.25, -0.2) is 8.42 Å². The molecule has 3 rings (SSSR count). The van der Waals surface area contributed by atoms with Gasteiger partial charge in [0.25, 0.3) is 0 Å². The second kappa shape index (κ2) is 7.06. The van der Waals surface area contributed by atoms with E-state index in [1.807, 2.05) is 27.1 Å². The molecule has 25 heavy (non-hydrogen) atoms. The number of piperazine rings is 1. The summed E-state index contributed by atoms with van der Waals surface area (Å²) in [5.74, 6) is 0. The Labute approximate surface area is 150 Å². The molecule has 134 valence electrons. The van der Waals surface area contributed by atoms with Crippen LogP contribution in [0.1, 0.15) is 5.56 Å². The standard InChI is InChI=1S/C19H25N3O2S/c1-16-5-4-6-19(15-16)25(23,24)22-13-11-21(12-14-22)18-9-7-17(8-10-18)20(2)3/h4-10,15H,11-14H2,1-3H3. The molecule has 0 aliphatic carbocycles. The first kappa shape index (κ1) is 17.8. The van der Waals surface area contributed by atoms with Gasteiger partial charge in [0.05, 0.1) is 4.90 Å². The van der Waals surface area contributed by atoms with Crippen LogP contribution in [0.15, 0.2) is 53.4 Å². The summed E-state index contributed by atoms with van der Waals surface area (Å²) in [5, 5.41) is 0. The molecule has 0 atom stereocenters. The van der Waals surface area contributed by atoms with Crippen LogP contribution in [-0.4, -0.2) is 53.0 Å². The number of aryl methyl sites for hydroxylation is 1. The lowest BCUT2D eigenvalue weighted by Crippen LogP contribution is -2.48. The predicted octanol–water partition coefficient (Wildman–Crippen LogP) is 2.57. The number of hydrogen-bond acceptors (Lipinski definition) is 4. The molecule has 1 aliphatic rings. The summed E-state index contributed by atoms with van der Waals surface area (Å²) in [6.07, 6.45) is 0. The highest BCUT2D eigenvalue weighted by atomic mass is 32.2. The molecule has 5 nitrogen and oxygen atoms in total. The van der Waals surface area contributed by atoms with E-state index in [9.17, 15) is 8.42 Å². The minimum absolute atomic E-state index is 0.385. The van der Waals surface area contributed by atoms with Crippen LogP contribution in [0.2, 0.25) is 0 Å². The normalized spacial score (nSPS) is 16.0. The fourth-order valence-corrected chi connectivity index (χ4v) is 4.60. The van der Waals surface area contributed by atoms with Crippen LogP contribution in [0.25, 0.3) is 0 Å². The fourth-order valence-electron chi connectivity index (χ4n) is 3.07. The highest BCUT2D eigenvalue weighted by Crippen LogP contribution is 2.23. The SMILES string of the molecule is Cc1cccc(S(=O)(=O)N2CCN(c3ccc(N(C)C)cc3)CC2)c1. The molecule has 0 saturated carbocycles. The molecule has 0 radical (unpaired) electrons. The second-order valence-corrected chi connectivity index (χ2v) is 8.56. The zero-order chi connectivity index (χ0) is 18.0. The van der Waals surface area contributed by atoms with E-state index in [1.165, 1.54) is 0 Å². The number of hydrogen-bond donors (Lipinski definition) is 0. The quantitative estimate of drug-likeness (QED) is 0.842. The Bertz CT molecular complexity index is 824. The average molecular weight is 359 g/mol. The van der Waals surface area contributed by atoms with Crippen LogP contribution in [0.5, 0.6) is 0 Å². The van der Waals surface area contributed by atoms with Crippen molar-refractivity contribution in [1.29, 1.82) is 0 Å². The van der Waals surface area contributed by atoms with Crippen molar-refractivity contribution >= 4 is 21.4 Å². The van der Waals surface area contributed by atoms with Gasteiger partial charge in [0.1, 0.15) is 0 Å². The molecule has 2 aromatic carbocycles. The number of rotatable bonds is 4. The van der Waals surface area contributed by atoms with Gasteiger partial charge in [-0.15, -0.1) is 0 Å². The first-order valence-corrected chi connectivity index (χ1v) is 9.91. The topological polar surface area (TPSA) is 43.9 Å². The van der Waals surface area contributed by atoms with Crippen molar-refractivity contribution in [1.82, 2.24) is 4.31 Å². The summed E-state index contributed by atoms with van der Waals surface area (Å²) in [4.78, 5) is 4.69. The van der Waals surface area contributed by atoms with Crippen molar-refractivity contribution in [2.45, 2.75) is 11.8 Å². The largest absolute Gasteiger partial charge is 0.378 e. The van der Waals surface area contributed by atoms with Crippen molar-refractivity contribution in [2.24, 2.45) is 0 Å². The molecule has 0 aromatic heterocycles. The van der Waals surface area contributed by atoms with Crippen LogP contribution in [-0.2, 0) is 10.0 Å². The van der Waals surface area contributed by atoms with Gasteiger partial charge < -0.3 is 9.80 Å². The lowest BCUT2D eigenvalue weighted by molar-refractivity contribution is 0.385. The molecular formula is C19H25N3O2S. The molecular weight excluding hydrogens is 334 g/mol. The van der Waals surface area contributed by atoms with Crippen molar-refractivity contribution in [3.05, 3.63) is 54.1 Å². The Balaban J connectivity index is 1.69. The molecule has 1 aliphatic heterocycles. The van der Waals surface area contributed by atoms with E-state index >= 15 is 0 Å². The molecule has 1 fully saturated rings. The Morgan fingerprint density at radius 3 is 2.12 bits per heavy atom. The van der Waals surface area contributed by atoms with Crippen LogP contribution >= 0.6 is 0 Å². The van der Waals surface area contributed by atoms with E-state index < -0.39 is 10.0 Å². The fraction of sp³-hybridized carbons (Fsp3) is 0.368. The van der Waals surface area contributed by atoms with Gasteiger partial charge >= 0.3 is 0 Å². The van der Waals surface area contributed by atoms with Crippen LogP contribution < -0.4 is 9.80 Å². The summed E-state index contributed by atoms with van der Waals surface area (Å²) in [6, 6.07) is 15.5. The van der Waals surface area contributed by atoms with Crippen molar-refractivity contribution < 1.29 is 8.42 Å². The summed E-state index contributed by atoms with van der Waals surface area (Å²) >= 11 is 0. The number of benzene rings is 2. The molecule has 0 N–H and O–H groups in total. The zero-order valence-corrected chi connectivity index (χ0v) is 15.8. The maximum atomic E-state index is 12.8. The third-order valence-electron chi connectivity index (χ3n) is 4.60. The third kappa shape index (κ3) is 3.80. The van der Waals surface area contributed by atoms with Crippen molar-refractivity contribution in [3.63, 3.8) is 0 Å². The molecule has 0 spiro atoms. The minimum Gasteiger partial charge on any atom is -0.378 e. The second-order valence-electron chi connectivity index (χ2n) is 6.62. The Morgan fingerprint density at radius 2 is 1.56 bits per heavy atom. The summed E-state index contributed by atoms with van der Waals surface area (Å²) in [6.45, 7) is 4.32. The highest BCUT2D eigenvalue weighted by molar-refractivity contribution is 7.89. The first-order valence-electron chi connectivity index (χ1n) is 8.47. The molecule has 2 aromatic rings. The Hall–Kier alpha value is -2.05. The monoisotopic (exact) mass is 359 g/mol. The number of sulfonamides is 1. The third-order valence-corrected chi connectivity index (χ3v) is 6.49. The first-order chi connectivity index (χ1) is 11.9. The van der Waals surface area contributed by atoms with E-state index in [2.05, 4.69) is 34.1 Å². The Morgan fingerprint density at radius 1 is 0.920 bits per heavy atom. The highest BCUT2D eigenvalue weighted by Gasteiger charge is 2.28. The lowest BCUT2D eigenvalue weighted by atomic mass is 10.2. The minimum atomic E-state index is -3.41. The Kier molecular flexibility index (Phi) is 5.01. The lowest BCUT2D eigenvalue weighted by Gasteiger charge is -2.35. The maximum Gasteiger partial charge on any atom is 0.243 e. The maximum absolute atomic E-state index is 12.8. The van der Waals surface area contributed by atoms with Crippen molar-refractivity contribution in [3.8, 4) is 0 Å². The van der Waals surface area contributed by atoms with Gasteiger partial charge in [-0.3, -0.25) is 0 Å². The van der Waals surface area contributed by atoms with Crippen LogP contribution in [0.3, 0.4) is 0 Å². The summed E-state index contributed by atoms with van der Waals surface area (Å²) in [5.41, 5.74) is 3.25. The van der Waals surface area contributed by atoms with E-state index in [1.54, 1.807) is 22.5 Å². The number of nitrogens with zero attached hydrogens (tertiary/aromatic N) is 3. The molecule has 0 bridgehead atoms. The van der Waals surface area contributed by atoms with Gasteiger partial charge in [-0.1, -0.05) is 12.1 Å². The van der Waals surface area contributed by atoms with Gasteiger partial charge in [0.15, 0.2) is 0 Å². The molecule has 1 heterocycles. The predicted molar refractivity (Wildman–Crippen MR) is 103 cm³/mol. The molecule has 1 saturated heterocycles. The zero-order valence-electron chi connectivity index (χ0n) is 15.0.